The predicted molar refractivity (Wildman–Crippen MR) is 175 cm³/mol. The first kappa shape index (κ1) is 32.7. The van der Waals surface area contributed by atoms with Gasteiger partial charge in [-0.3, -0.25) is 9.59 Å². The van der Waals surface area contributed by atoms with Crippen LogP contribution in [0, 0.1) is 5.82 Å². The third-order valence-electron chi connectivity index (χ3n) is 7.92. The molecule has 2 amide bonds. The molecule has 5 rings (SSSR count). The number of imidazole rings is 1. The topological polar surface area (TPSA) is 113 Å². The molecule has 2 aromatic heterocycles. The number of nitrogens with one attached hydrogen (secondary N) is 2. The third kappa shape index (κ3) is 7.09. The van der Waals surface area contributed by atoms with Gasteiger partial charge in [-0.1, -0.05) is 18.5 Å². The normalized spacial score (nSPS) is 14.7. The summed E-state index contributed by atoms with van der Waals surface area (Å²) in [5, 5.41) is 3.36. The number of carbonyl (C=O) groups is 2. The molecule has 0 bridgehead atoms. The number of H-pyrrole nitrogens is 1. The van der Waals surface area contributed by atoms with Gasteiger partial charge >= 0.3 is 0 Å². The molecule has 1 aliphatic rings. The number of aromatic amines is 1. The zero-order valence-electron chi connectivity index (χ0n) is 26.2. The number of benzene rings is 2. The monoisotopic (exact) mass is 648 g/mol. The van der Waals surface area contributed by atoms with E-state index < -0.39 is 11.7 Å². The summed E-state index contributed by atoms with van der Waals surface area (Å²) in [6, 6.07) is 11.7. The highest BCUT2D eigenvalue weighted by atomic mass is 35.5. The molecule has 1 aliphatic heterocycles. The minimum absolute atomic E-state index is 0.0715. The number of nitrogens with zero attached hydrogens (tertiary/aromatic N) is 4. The first-order valence-corrected chi connectivity index (χ1v) is 15.9. The van der Waals surface area contributed by atoms with E-state index in [1.807, 2.05) is 25.7 Å². The number of halogens is 2. The van der Waals surface area contributed by atoms with E-state index in [9.17, 15) is 9.59 Å². The highest BCUT2D eigenvalue weighted by Gasteiger charge is 2.34. The summed E-state index contributed by atoms with van der Waals surface area (Å²) < 4.78 is 28.1. The maximum atomic E-state index is 16.7. The van der Waals surface area contributed by atoms with Gasteiger partial charge in [-0.25, -0.2) is 14.4 Å². The first-order valence-electron chi connectivity index (χ1n) is 15.5. The van der Waals surface area contributed by atoms with Crippen molar-refractivity contribution in [2.24, 2.45) is 0 Å². The van der Waals surface area contributed by atoms with E-state index in [4.69, 9.17) is 21.1 Å². The van der Waals surface area contributed by atoms with Crippen molar-refractivity contribution in [1.29, 1.82) is 0 Å². The molecule has 1 fully saturated rings. The van der Waals surface area contributed by atoms with Crippen LogP contribution in [0.15, 0.2) is 61.1 Å². The van der Waals surface area contributed by atoms with Crippen LogP contribution in [0.1, 0.15) is 53.7 Å². The molecule has 1 saturated heterocycles. The van der Waals surface area contributed by atoms with E-state index in [-0.39, 0.29) is 35.5 Å². The van der Waals surface area contributed by atoms with Gasteiger partial charge in [-0.05, 0) is 62.7 Å². The zero-order valence-corrected chi connectivity index (χ0v) is 26.9. The third-order valence-corrected chi connectivity index (χ3v) is 8.15. The van der Waals surface area contributed by atoms with Crippen LogP contribution in [0.5, 0.6) is 11.6 Å². The number of amides is 2. The van der Waals surface area contributed by atoms with E-state index >= 15 is 4.39 Å². The maximum absolute atomic E-state index is 16.7. The van der Waals surface area contributed by atoms with Crippen molar-refractivity contribution < 1.29 is 23.5 Å². The van der Waals surface area contributed by atoms with Gasteiger partial charge in [0, 0.05) is 73.4 Å². The van der Waals surface area contributed by atoms with Crippen molar-refractivity contribution in [3.05, 3.63) is 88.8 Å². The Kier molecular flexibility index (Phi) is 10.7. The molecular formula is C34H38ClFN6O4. The van der Waals surface area contributed by atoms with Crippen LogP contribution >= 0.6 is 11.6 Å². The molecule has 0 unspecified atom stereocenters. The fourth-order valence-electron chi connectivity index (χ4n) is 5.72. The van der Waals surface area contributed by atoms with Crippen molar-refractivity contribution in [2.75, 3.05) is 44.3 Å². The Hall–Kier alpha value is -4.64. The number of anilines is 1. The minimum atomic E-state index is -0.669. The summed E-state index contributed by atoms with van der Waals surface area (Å²) in [4.78, 5) is 42.8. The zero-order chi connectivity index (χ0) is 32.6. The van der Waals surface area contributed by atoms with E-state index in [2.05, 4.69) is 20.3 Å². The molecule has 10 nitrogen and oxygen atoms in total. The molecule has 0 saturated carbocycles. The average molecular weight is 649 g/mol. The molecule has 242 valence electrons. The van der Waals surface area contributed by atoms with Crippen molar-refractivity contribution in [1.82, 2.24) is 25.2 Å². The molecule has 2 N–H and O–H groups in total. The highest BCUT2D eigenvalue weighted by molar-refractivity contribution is 6.30. The number of hydrogen-bond donors (Lipinski definition) is 2. The Balaban J connectivity index is 1.47. The van der Waals surface area contributed by atoms with Crippen molar-refractivity contribution in [3.63, 3.8) is 0 Å². The number of piperazine rings is 1. The van der Waals surface area contributed by atoms with Crippen molar-refractivity contribution in [3.8, 4) is 22.8 Å². The van der Waals surface area contributed by atoms with E-state index in [0.29, 0.717) is 79.1 Å². The molecule has 0 radical (unpaired) electrons. The lowest BCUT2D eigenvalue weighted by Gasteiger charge is -2.43. The number of hydrogen-bond acceptors (Lipinski definition) is 7. The second-order valence-electron chi connectivity index (χ2n) is 10.7. The van der Waals surface area contributed by atoms with Crippen LogP contribution < -0.4 is 19.7 Å². The van der Waals surface area contributed by atoms with Gasteiger partial charge < -0.3 is 29.6 Å². The fourth-order valence-corrected chi connectivity index (χ4v) is 5.88. The Morgan fingerprint density at radius 3 is 2.61 bits per heavy atom. The molecule has 0 spiro atoms. The maximum Gasteiger partial charge on any atom is 0.257 e. The van der Waals surface area contributed by atoms with E-state index in [1.54, 1.807) is 66.0 Å². The molecular weight excluding hydrogens is 611 g/mol. The van der Waals surface area contributed by atoms with E-state index in [1.165, 1.54) is 0 Å². The molecule has 0 aliphatic carbocycles. The highest BCUT2D eigenvalue weighted by Crippen LogP contribution is 2.37. The Labute approximate surface area is 272 Å². The summed E-state index contributed by atoms with van der Waals surface area (Å²) >= 11 is 6.17. The molecule has 4 aromatic rings. The lowest BCUT2D eigenvalue weighted by atomic mass is 9.98. The molecule has 3 heterocycles. The lowest BCUT2D eigenvalue weighted by molar-refractivity contribution is 0.0715. The molecule has 1 atom stereocenters. The molecule has 46 heavy (non-hydrogen) atoms. The number of rotatable bonds is 12. The standard InChI is InChI=1S/C34H38ClFN6O4/c1-4-23-21-41(34(44)26-10-9-22(35)20-28(26)45-5-2)18-19-42(23)27-12-11-24(25-8-7-14-40-33(25)46-6-3)31(36)30(27)32(43)39-15-13-29-37-16-17-38-29/h7-12,14,16-17,20,23H,4-6,13,15,18-19,21H2,1-3H3,(H,37,38)(H,39,43)/t23-/m1/s1. The minimum Gasteiger partial charge on any atom is -0.493 e. The lowest BCUT2D eigenvalue weighted by Crippen LogP contribution is -2.55. The smallest absolute Gasteiger partial charge is 0.257 e. The van der Waals surface area contributed by atoms with Crippen LogP contribution in [-0.4, -0.2) is 77.1 Å². The second kappa shape index (κ2) is 15.1. The SMILES string of the molecule is CCOc1cc(Cl)ccc1C(=O)N1CCN(c2ccc(-c3cccnc3OCC)c(F)c2C(=O)NCCc2ncc[nH]2)[C@H](CC)C1. The van der Waals surface area contributed by atoms with Crippen molar-refractivity contribution >= 4 is 29.1 Å². The number of aromatic nitrogens is 3. The van der Waals surface area contributed by atoms with Gasteiger partial charge in [-0.15, -0.1) is 0 Å². The van der Waals surface area contributed by atoms with Gasteiger partial charge in [0.15, 0.2) is 0 Å². The van der Waals surface area contributed by atoms with E-state index in [0.717, 1.165) is 0 Å². The molecule has 2 aromatic carbocycles. The second-order valence-corrected chi connectivity index (χ2v) is 11.2. The van der Waals surface area contributed by atoms with Crippen LogP contribution in [0.4, 0.5) is 10.1 Å². The van der Waals surface area contributed by atoms with Crippen LogP contribution in [0.3, 0.4) is 0 Å². The molecule has 12 heteroatoms. The first-order chi connectivity index (χ1) is 22.4. The quantitative estimate of drug-likeness (QED) is 0.200. The Bertz CT molecular complexity index is 1670. The summed E-state index contributed by atoms with van der Waals surface area (Å²) in [7, 11) is 0. The largest absolute Gasteiger partial charge is 0.493 e. The van der Waals surface area contributed by atoms with Crippen LogP contribution in [-0.2, 0) is 6.42 Å². The summed E-state index contributed by atoms with van der Waals surface area (Å²) in [5.41, 5.74) is 1.48. The number of ether oxygens (including phenoxy) is 2. The summed E-state index contributed by atoms with van der Waals surface area (Å²) in [6.07, 6.45) is 6.04. The fraction of sp³-hybridized carbons (Fsp3) is 0.353. The van der Waals surface area contributed by atoms with Gasteiger partial charge in [-0.2, -0.15) is 0 Å². The average Bonchev–Trinajstić information content (AvgIpc) is 3.58. The summed E-state index contributed by atoms with van der Waals surface area (Å²) in [6.45, 7) is 7.83. The number of carbonyl (C=O) groups excluding carboxylic acids is 2. The van der Waals surface area contributed by atoms with Gasteiger partial charge in [0.2, 0.25) is 5.88 Å². The Morgan fingerprint density at radius 2 is 1.87 bits per heavy atom. The van der Waals surface area contributed by atoms with Crippen molar-refractivity contribution in [2.45, 2.75) is 39.7 Å². The van der Waals surface area contributed by atoms with Gasteiger partial charge in [0.1, 0.15) is 17.4 Å². The predicted octanol–water partition coefficient (Wildman–Crippen LogP) is 5.78. The van der Waals surface area contributed by atoms with Gasteiger partial charge in [0.25, 0.3) is 11.8 Å². The Morgan fingerprint density at radius 1 is 1.04 bits per heavy atom. The van der Waals surface area contributed by atoms with Crippen LogP contribution in [0.2, 0.25) is 5.02 Å². The van der Waals surface area contributed by atoms with Gasteiger partial charge in [0.05, 0.1) is 30.0 Å². The summed E-state index contributed by atoms with van der Waals surface area (Å²) in [5.74, 6) is 0.0510. The van der Waals surface area contributed by atoms with Crippen LogP contribution in [0.25, 0.3) is 11.1 Å². The number of pyridine rings is 1.